The lowest BCUT2D eigenvalue weighted by molar-refractivity contribution is 0.264. The van der Waals surface area contributed by atoms with E-state index in [1.165, 1.54) is 17.7 Å². The van der Waals surface area contributed by atoms with Crippen LogP contribution in [0.15, 0.2) is 11.7 Å². The summed E-state index contributed by atoms with van der Waals surface area (Å²) in [6, 6.07) is 0.797. The van der Waals surface area contributed by atoms with Crippen LogP contribution >= 0.6 is 11.3 Å². The average molecular weight is 197 g/mol. The van der Waals surface area contributed by atoms with Gasteiger partial charge in [0.15, 0.2) is 0 Å². The van der Waals surface area contributed by atoms with Crippen LogP contribution < -0.4 is 5.73 Å². The van der Waals surface area contributed by atoms with Crippen molar-refractivity contribution in [2.75, 3.05) is 13.1 Å². The highest BCUT2D eigenvalue weighted by molar-refractivity contribution is 7.09. The van der Waals surface area contributed by atoms with Crippen molar-refractivity contribution in [2.24, 2.45) is 5.73 Å². The molecule has 0 saturated heterocycles. The van der Waals surface area contributed by atoms with Gasteiger partial charge in [0, 0.05) is 36.8 Å². The van der Waals surface area contributed by atoms with E-state index in [-0.39, 0.29) is 0 Å². The molecule has 0 bridgehead atoms. The summed E-state index contributed by atoms with van der Waals surface area (Å²) in [6.45, 7) is 2.81. The molecule has 0 unspecified atom stereocenters. The van der Waals surface area contributed by atoms with Gasteiger partial charge in [-0.2, -0.15) is 0 Å². The van der Waals surface area contributed by atoms with Gasteiger partial charge in [0.05, 0.1) is 5.51 Å². The topological polar surface area (TPSA) is 42.1 Å². The number of hydrogen-bond donors (Lipinski definition) is 1. The Morgan fingerprint density at radius 1 is 1.62 bits per heavy atom. The molecule has 0 spiro atoms. The van der Waals surface area contributed by atoms with Gasteiger partial charge in [-0.1, -0.05) is 0 Å². The van der Waals surface area contributed by atoms with E-state index < -0.39 is 0 Å². The fourth-order valence-electron chi connectivity index (χ4n) is 1.52. The van der Waals surface area contributed by atoms with Crippen LogP contribution in [0.3, 0.4) is 0 Å². The first-order valence-electron chi connectivity index (χ1n) is 4.71. The standard InChI is InChI=1S/C9H15N3S/c10-3-4-12(8-1-2-8)6-9-5-11-7-13-9/h5,7-8H,1-4,6,10H2. The Kier molecular flexibility index (Phi) is 2.93. The number of nitrogens with zero attached hydrogens (tertiary/aromatic N) is 2. The summed E-state index contributed by atoms with van der Waals surface area (Å²) in [4.78, 5) is 7.89. The molecule has 13 heavy (non-hydrogen) atoms. The van der Waals surface area contributed by atoms with Crippen molar-refractivity contribution in [1.29, 1.82) is 0 Å². The Labute approximate surface area is 82.6 Å². The maximum Gasteiger partial charge on any atom is 0.0794 e. The highest BCUT2D eigenvalue weighted by atomic mass is 32.1. The van der Waals surface area contributed by atoms with Crippen LogP contribution in [0.25, 0.3) is 0 Å². The number of rotatable bonds is 5. The van der Waals surface area contributed by atoms with Crippen molar-refractivity contribution in [3.05, 3.63) is 16.6 Å². The third-order valence-corrected chi connectivity index (χ3v) is 3.09. The van der Waals surface area contributed by atoms with Crippen molar-refractivity contribution >= 4 is 11.3 Å². The van der Waals surface area contributed by atoms with Gasteiger partial charge >= 0.3 is 0 Å². The molecule has 1 aliphatic carbocycles. The summed E-state index contributed by atoms with van der Waals surface area (Å²) in [5, 5.41) is 0. The van der Waals surface area contributed by atoms with Crippen LogP contribution in [-0.4, -0.2) is 29.0 Å². The Hall–Kier alpha value is -0.450. The Morgan fingerprint density at radius 3 is 3.00 bits per heavy atom. The van der Waals surface area contributed by atoms with Gasteiger partial charge < -0.3 is 5.73 Å². The molecule has 0 radical (unpaired) electrons. The van der Waals surface area contributed by atoms with Gasteiger partial charge in [-0.3, -0.25) is 9.88 Å². The lowest BCUT2D eigenvalue weighted by atomic mass is 10.4. The van der Waals surface area contributed by atoms with Crippen LogP contribution in [0, 0.1) is 0 Å². The monoisotopic (exact) mass is 197 g/mol. The Bertz CT molecular complexity index is 243. The molecule has 0 atom stereocenters. The van der Waals surface area contributed by atoms with Gasteiger partial charge in [-0.05, 0) is 12.8 Å². The molecule has 2 N–H and O–H groups in total. The van der Waals surface area contributed by atoms with Crippen molar-refractivity contribution in [1.82, 2.24) is 9.88 Å². The lowest BCUT2D eigenvalue weighted by Gasteiger charge is -2.19. The number of aromatic nitrogens is 1. The predicted octanol–water partition coefficient (Wildman–Crippen LogP) is 1.07. The highest BCUT2D eigenvalue weighted by Gasteiger charge is 2.28. The SMILES string of the molecule is NCCN(Cc1cncs1)C1CC1. The minimum atomic E-state index is 0.759. The smallest absolute Gasteiger partial charge is 0.0794 e. The third kappa shape index (κ3) is 2.49. The van der Waals surface area contributed by atoms with Crippen LogP contribution in [0.4, 0.5) is 0 Å². The van der Waals surface area contributed by atoms with Gasteiger partial charge in [0.1, 0.15) is 0 Å². The Balaban J connectivity index is 1.89. The molecule has 0 aliphatic heterocycles. The zero-order chi connectivity index (χ0) is 9.10. The second-order valence-electron chi connectivity index (χ2n) is 3.46. The summed E-state index contributed by atoms with van der Waals surface area (Å²) in [6.07, 6.45) is 4.65. The molecule has 4 heteroatoms. The second kappa shape index (κ2) is 4.17. The molecule has 1 heterocycles. The molecular weight excluding hydrogens is 182 g/mol. The average Bonchev–Trinajstić information content (AvgIpc) is 2.85. The fraction of sp³-hybridized carbons (Fsp3) is 0.667. The summed E-state index contributed by atoms with van der Waals surface area (Å²) >= 11 is 1.73. The van der Waals surface area contributed by atoms with E-state index in [4.69, 9.17) is 5.73 Å². The van der Waals surface area contributed by atoms with Gasteiger partial charge in [0.2, 0.25) is 0 Å². The van der Waals surface area contributed by atoms with Gasteiger partial charge in [-0.15, -0.1) is 11.3 Å². The molecule has 1 aromatic heterocycles. The van der Waals surface area contributed by atoms with E-state index >= 15 is 0 Å². The maximum absolute atomic E-state index is 5.57. The fourth-order valence-corrected chi connectivity index (χ4v) is 2.14. The lowest BCUT2D eigenvalue weighted by Crippen LogP contribution is -2.30. The van der Waals surface area contributed by atoms with E-state index in [2.05, 4.69) is 9.88 Å². The third-order valence-electron chi connectivity index (χ3n) is 2.32. The molecule has 3 nitrogen and oxygen atoms in total. The van der Waals surface area contributed by atoms with E-state index in [0.717, 1.165) is 25.7 Å². The first kappa shape index (κ1) is 9.12. The maximum atomic E-state index is 5.57. The predicted molar refractivity (Wildman–Crippen MR) is 54.6 cm³/mol. The van der Waals surface area contributed by atoms with Crippen molar-refractivity contribution in [3.8, 4) is 0 Å². The first-order chi connectivity index (χ1) is 6.40. The normalized spacial score (nSPS) is 16.8. The van der Waals surface area contributed by atoms with Crippen molar-refractivity contribution < 1.29 is 0 Å². The summed E-state index contributed by atoms with van der Waals surface area (Å²) in [5.41, 5.74) is 7.46. The molecule has 1 aromatic rings. The molecule has 1 fully saturated rings. The molecule has 0 aromatic carbocycles. The van der Waals surface area contributed by atoms with Gasteiger partial charge in [-0.25, -0.2) is 0 Å². The number of nitrogens with two attached hydrogens (primary N) is 1. The van der Waals surface area contributed by atoms with Crippen molar-refractivity contribution in [3.63, 3.8) is 0 Å². The van der Waals surface area contributed by atoms with E-state index in [0.29, 0.717) is 0 Å². The van der Waals surface area contributed by atoms with E-state index in [1.807, 2.05) is 11.7 Å². The van der Waals surface area contributed by atoms with E-state index in [9.17, 15) is 0 Å². The zero-order valence-corrected chi connectivity index (χ0v) is 8.46. The summed E-state index contributed by atoms with van der Waals surface area (Å²) < 4.78 is 0. The molecule has 1 saturated carbocycles. The minimum Gasteiger partial charge on any atom is -0.329 e. The molecule has 2 rings (SSSR count). The van der Waals surface area contributed by atoms with Crippen LogP contribution in [-0.2, 0) is 6.54 Å². The largest absolute Gasteiger partial charge is 0.329 e. The van der Waals surface area contributed by atoms with Crippen molar-refractivity contribution in [2.45, 2.75) is 25.4 Å². The molecule has 1 aliphatic rings. The van der Waals surface area contributed by atoms with Gasteiger partial charge in [0.25, 0.3) is 0 Å². The molecular formula is C9H15N3S. The summed E-state index contributed by atoms with van der Waals surface area (Å²) in [7, 11) is 0. The second-order valence-corrected chi connectivity index (χ2v) is 4.43. The highest BCUT2D eigenvalue weighted by Crippen LogP contribution is 2.28. The minimum absolute atomic E-state index is 0.759. The summed E-state index contributed by atoms with van der Waals surface area (Å²) in [5.74, 6) is 0. The zero-order valence-electron chi connectivity index (χ0n) is 7.65. The van der Waals surface area contributed by atoms with Crippen LogP contribution in [0.5, 0.6) is 0 Å². The number of hydrogen-bond acceptors (Lipinski definition) is 4. The van der Waals surface area contributed by atoms with Crippen LogP contribution in [0.2, 0.25) is 0 Å². The number of thiazole rings is 1. The molecule has 0 amide bonds. The van der Waals surface area contributed by atoms with E-state index in [1.54, 1.807) is 11.3 Å². The molecule has 72 valence electrons. The Morgan fingerprint density at radius 2 is 2.46 bits per heavy atom. The quantitative estimate of drug-likeness (QED) is 0.767. The van der Waals surface area contributed by atoms with Crippen LogP contribution in [0.1, 0.15) is 17.7 Å². The first-order valence-corrected chi connectivity index (χ1v) is 5.59.